The molecule has 3 amide bonds. The van der Waals surface area contributed by atoms with Crippen molar-refractivity contribution in [1.29, 1.82) is 0 Å². The number of urea groups is 1. The summed E-state index contributed by atoms with van der Waals surface area (Å²) in [7, 11) is 1.73. The molecule has 128 valence electrons. The maximum Gasteiger partial charge on any atom is 0.312 e. The zero-order valence-electron chi connectivity index (χ0n) is 14.1. The molecule has 0 heterocycles. The molecule has 0 saturated carbocycles. The first-order valence-electron chi connectivity index (χ1n) is 7.87. The van der Waals surface area contributed by atoms with E-state index in [4.69, 9.17) is 5.73 Å². The number of ketones is 1. The minimum atomic E-state index is -0.587. The van der Waals surface area contributed by atoms with Crippen LogP contribution in [-0.4, -0.2) is 43.4 Å². The van der Waals surface area contributed by atoms with Gasteiger partial charge < -0.3 is 21.7 Å². The van der Waals surface area contributed by atoms with Crippen molar-refractivity contribution in [1.82, 2.24) is 16.0 Å². The number of rotatable bonds is 11. The minimum Gasteiger partial charge on any atom is -0.352 e. The summed E-state index contributed by atoms with van der Waals surface area (Å²) in [4.78, 5) is 35.0. The van der Waals surface area contributed by atoms with Gasteiger partial charge in [-0.05, 0) is 32.2 Å². The molecule has 0 rings (SSSR count). The molecule has 7 nitrogen and oxygen atoms in total. The van der Waals surface area contributed by atoms with E-state index in [-0.39, 0.29) is 23.7 Å². The first-order chi connectivity index (χ1) is 10.3. The number of hydrogen-bond acceptors (Lipinski definition) is 4. The Hall–Kier alpha value is -1.63. The fourth-order valence-electron chi connectivity index (χ4n) is 2.28. The number of Topliss-reactive ketones (excluding diaryl/α,β-unsaturated/α-hetero) is 1. The number of nitrogens with one attached hydrogen (secondary N) is 3. The number of carbonyl (C=O) groups is 3. The van der Waals surface area contributed by atoms with E-state index in [0.29, 0.717) is 25.8 Å². The Bertz CT molecular complexity index is 372. The van der Waals surface area contributed by atoms with E-state index in [2.05, 4.69) is 16.0 Å². The highest BCUT2D eigenvalue weighted by atomic mass is 16.2. The summed E-state index contributed by atoms with van der Waals surface area (Å²) < 4.78 is 0. The van der Waals surface area contributed by atoms with Crippen LogP contribution in [0.3, 0.4) is 0 Å². The number of hydrogen-bond donors (Lipinski definition) is 4. The standard InChI is InChI=1S/C15H30N4O3/c1-5-7-12(20)11(8-6-9-18-15(16)22)19-14(21)13(17-4)10(2)3/h10-11,13,17H,5-9H2,1-4H3,(H,19,21)(H3,16,18,22)/t11-,13-/m0/s1. The van der Waals surface area contributed by atoms with Crippen LogP contribution in [0.5, 0.6) is 0 Å². The molecule has 0 aromatic heterocycles. The Morgan fingerprint density at radius 3 is 2.27 bits per heavy atom. The van der Waals surface area contributed by atoms with Crippen LogP contribution in [0.4, 0.5) is 4.79 Å². The van der Waals surface area contributed by atoms with Crippen LogP contribution in [0.25, 0.3) is 0 Å². The average Bonchev–Trinajstić information content (AvgIpc) is 2.42. The van der Waals surface area contributed by atoms with E-state index in [1.54, 1.807) is 7.05 Å². The van der Waals surface area contributed by atoms with Gasteiger partial charge in [-0.3, -0.25) is 9.59 Å². The lowest BCUT2D eigenvalue weighted by Crippen LogP contribution is -2.51. The highest BCUT2D eigenvalue weighted by Crippen LogP contribution is 2.06. The van der Waals surface area contributed by atoms with Crippen LogP contribution < -0.4 is 21.7 Å². The molecule has 0 aliphatic carbocycles. The largest absolute Gasteiger partial charge is 0.352 e. The van der Waals surface area contributed by atoms with Crippen molar-refractivity contribution in [2.24, 2.45) is 11.7 Å². The maximum atomic E-state index is 12.3. The maximum absolute atomic E-state index is 12.3. The molecule has 7 heteroatoms. The SMILES string of the molecule is CCCC(=O)[C@H](CCCNC(N)=O)NC(=O)[C@@H](NC)C(C)C. The van der Waals surface area contributed by atoms with E-state index in [0.717, 1.165) is 6.42 Å². The number of carbonyl (C=O) groups excluding carboxylic acids is 3. The molecule has 0 fully saturated rings. The monoisotopic (exact) mass is 314 g/mol. The zero-order valence-corrected chi connectivity index (χ0v) is 14.1. The Kier molecular flexibility index (Phi) is 10.2. The van der Waals surface area contributed by atoms with Crippen LogP contribution >= 0.6 is 0 Å². The van der Waals surface area contributed by atoms with Gasteiger partial charge in [0.05, 0.1) is 12.1 Å². The fourth-order valence-corrected chi connectivity index (χ4v) is 2.28. The van der Waals surface area contributed by atoms with Crippen molar-refractivity contribution in [2.45, 2.75) is 58.5 Å². The van der Waals surface area contributed by atoms with Gasteiger partial charge in [-0.1, -0.05) is 20.8 Å². The van der Waals surface area contributed by atoms with Gasteiger partial charge in [-0.2, -0.15) is 0 Å². The summed E-state index contributed by atoms with van der Waals surface area (Å²) in [5.74, 6) is -0.0215. The van der Waals surface area contributed by atoms with Crippen LogP contribution in [0.1, 0.15) is 46.5 Å². The highest BCUT2D eigenvalue weighted by Gasteiger charge is 2.25. The molecule has 0 spiro atoms. The Morgan fingerprint density at radius 1 is 1.18 bits per heavy atom. The van der Waals surface area contributed by atoms with E-state index in [1.165, 1.54) is 0 Å². The molecule has 0 saturated heterocycles. The lowest BCUT2D eigenvalue weighted by Gasteiger charge is -2.24. The molecule has 0 aliphatic heterocycles. The summed E-state index contributed by atoms with van der Waals surface area (Å²) in [6.07, 6.45) is 2.24. The van der Waals surface area contributed by atoms with Crippen LogP contribution in [0.2, 0.25) is 0 Å². The van der Waals surface area contributed by atoms with Crippen LogP contribution in [-0.2, 0) is 9.59 Å². The van der Waals surface area contributed by atoms with Gasteiger partial charge in [0.25, 0.3) is 0 Å². The van der Waals surface area contributed by atoms with Crippen molar-refractivity contribution in [3.05, 3.63) is 0 Å². The summed E-state index contributed by atoms with van der Waals surface area (Å²) in [5.41, 5.74) is 4.99. The van der Waals surface area contributed by atoms with E-state index in [1.807, 2.05) is 20.8 Å². The molecule has 0 aromatic carbocycles. The van der Waals surface area contributed by atoms with Gasteiger partial charge in [0.2, 0.25) is 5.91 Å². The van der Waals surface area contributed by atoms with Crippen molar-refractivity contribution in [3.63, 3.8) is 0 Å². The number of nitrogens with two attached hydrogens (primary N) is 1. The van der Waals surface area contributed by atoms with Crippen molar-refractivity contribution < 1.29 is 14.4 Å². The Morgan fingerprint density at radius 2 is 1.82 bits per heavy atom. The van der Waals surface area contributed by atoms with Gasteiger partial charge in [0.15, 0.2) is 5.78 Å². The molecule has 5 N–H and O–H groups in total. The topological polar surface area (TPSA) is 113 Å². The molecule has 0 unspecified atom stereocenters. The lowest BCUT2D eigenvalue weighted by molar-refractivity contribution is -0.129. The quantitative estimate of drug-likeness (QED) is 0.417. The van der Waals surface area contributed by atoms with Crippen molar-refractivity contribution in [3.8, 4) is 0 Å². The predicted octanol–water partition coefficient (Wildman–Crippen LogP) is 0.533. The van der Waals surface area contributed by atoms with Crippen LogP contribution in [0, 0.1) is 5.92 Å². The molecular formula is C15H30N4O3. The minimum absolute atomic E-state index is 0.0218. The van der Waals surface area contributed by atoms with Gasteiger partial charge in [0, 0.05) is 13.0 Å². The van der Waals surface area contributed by atoms with Gasteiger partial charge >= 0.3 is 6.03 Å². The molecule has 22 heavy (non-hydrogen) atoms. The molecule has 0 aliphatic rings. The summed E-state index contributed by atoms with van der Waals surface area (Å²) >= 11 is 0. The summed E-state index contributed by atoms with van der Waals surface area (Å²) in [5, 5.41) is 8.27. The van der Waals surface area contributed by atoms with Crippen molar-refractivity contribution >= 4 is 17.7 Å². The second kappa shape index (κ2) is 11.0. The number of likely N-dealkylation sites (N-methyl/N-ethyl adjacent to an activating group) is 1. The summed E-state index contributed by atoms with van der Waals surface area (Å²) in [6, 6.07) is -1.44. The normalized spacial score (nSPS) is 13.5. The average molecular weight is 314 g/mol. The second-order valence-electron chi connectivity index (χ2n) is 5.72. The Balaban J connectivity index is 4.61. The molecule has 2 atom stereocenters. The third-order valence-corrected chi connectivity index (χ3v) is 3.43. The third kappa shape index (κ3) is 7.97. The predicted molar refractivity (Wildman–Crippen MR) is 86.4 cm³/mol. The molecule has 0 aromatic rings. The highest BCUT2D eigenvalue weighted by molar-refractivity contribution is 5.90. The molecular weight excluding hydrogens is 284 g/mol. The van der Waals surface area contributed by atoms with Crippen LogP contribution in [0.15, 0.2) is 0 Å². The second-order valence-corrected chi connectivity index (χ2v) is 5.72. The Labute approximate surface area is 132 Å². The number of amides is 3. The number of primary amides is 1. The molecule has 0 radical (unpaired) electrons. The van der Waals surface area contributed by atoms with Gasteiger partial charge in [-0.25, -0.2) is 4.79 Å². The zero-order chi connectivity index (χ0) is 17.1. The van der Waals surface area contributed by atoms with E-state index >= 15 is 0 Å². The van der Waals surface area contributed by atoms with Crippen molar-refractivity contribution in [2.75, 3.05) is 13.6 Å². The fraction of sp³-hybridized carbons (Fsp3) is 0.800. The van der Waals surface area contributed by atoms with E-state index in [9.17, 15) is 14.4 Å². The van der Waals surface area contributed by atoms with Gasteiger partial charge in [0.1, 0.15) is 0 Å². The molecule has 0 bridgehead atoms. The first-order valence-corrected chi connectivity index (χ1v) is 7.87. The van der Waals surface area contributed by atoms with E-state index < -0.39 is 12.1 Å². The summed E-state index contributed by atoms with van der Waals surface area (Å²) in [6.45, 7) is 6.21. The smallest absolute Gasteiger partial charge is 0.312 e. The lowest BCUT2D eigenvalue weighted by atomic mass is 10.00. The first kappa shape index (κ1) is 20.4. The third-order valence-electron chi connectivity index (χ3n) is 3.43. The van der Waals surface area contributed by atoms with Gasteiger partial charge in [-0.15, -0.1) is 0 Å².